The maximum absolute atomic E-state index is 12.0. The van der Waals surface area contributed by atoms with Crippen LogP contribution in [0.1, 0.15) is 65.5 Å². The molecule has 1 fully saturated rings. The van der Waals surface area contributed by atoms with Gasteiger partial charge >= 0.3 is 6.09 Å². The van der Waals surface area contributed by atoms with E-state index in [-0.39, 0.29) is 29.7 Å². The zero-order chi connectivity index (χ0) is 23.0. The van der Waals surface area contributed by atoms with Crippen molar-refractivity contribution in [2.45, 2.75) is 77.5 Å². The van der Waals surface area contributed by atoms with Gasteiger partial charge in [-0.05, 0) is 69.8 Å². The van der Waals surface area contributed by atoms with Crippen LogP contribution in [0.5, 0.6) is 0 Å². The van der Waals surface area contributed by atoms with Crippen LogP contribution in [0.15, 0.2) is 29.1 Å². The van der Waals surface area contributed by atoms with Gasteiger partial charge < -0.3 is 15.4 Å². The molecule has 9 nitrogen and oxygen atoms in total. The Bertz CT molecular complexity index is 1120. The Labute approximate surface area is 196 Å². The van der Waals surface area contributed by atoms with Gasteiger partial charge in [0.1, 0.15) is 22.0 Å². The number of carbonyl (C=O) groups excluding carboxylic acids is 1. The van der Waals surface area contributed by atoms with Crippen molar-refractivity contribution in [3.8, 4) is 0 Å². The lowest BCUT2D eigenvalue weighted by atomic mass is 10.0. The molecule has 0 bridgehead atoms. The SMILES string of the molecule is CC(C)NC(=O)O[C@@H]1CC[C@H](c2cc(Nc3nccn4nc(Br)cc34)n(C(C)(C)C)n2)C1. The second-order valence-electron chi connectivity index (χ2n) is 9.57. The number of fused-ring (bicyclic) bond motifs is 1. The van der Waals surface area contributed by atoms with Crippen LogP contribution in [-0.2, 0) is 10.3 Å². The smallest absolute Gasteiger partial charge is 0.407 e. The van der Waals surface area contributed by atoms with Crippen LogP contribution in [-0.4, -0.2) is 42.6 Å². The third kappa shape index (κ3) is 4.90. The van der Waals surface area contributed by atoms with E-state index < -0.39 is 0 Å². The summed E-state index contributed by atoms with van der Waals surface area (Å²) in [4.78, 5) is 16.5. The van der Waals surface area contributed by atoms with E-state index >= 15 is 0 Å². The number of halogens is 1. The fourth-order valence-corrected chi connectivity index (χ4v) is 4.43. The minimum atomic E-state index is -0.348. The molecule has 10 heteroatoms. The minimum Gasteiger partial charge on any atom is -0.446 e. The molecule has 1 amide bonds. The first-order valence-electron chi connectivity index (χ1n) is 10.9. The first-order chi connectivity index (χ1) is 15.1. The number of alkyl carbamates (subject to hydrolysis) is 1. The predicted octanol–water partition coefficient (Wildman–Crippen LogP) is 4.96. The number of ether oxygens (including phenoxy) is 1. The molecule has 3 heterocycles. The first kappa shape index (κ1) is 22.6. The lowest BCUT2D eigenvalue weighted by molar-refractivity contribution is 0.0981. The summed E-state index contributed by atoms with van der Waals surface area (Å²) in [5.74, 6) is 1.82. The molecule has 4 rings (SSSR count). The molecule has 0 radical (unpaired) electrons. The molecule has 1 aliphatic rings. The Morgan fingerprint density at radius 1 is 1.25 bits per heavy atom. The van der Waals surface area contributed by atoms with Gasteiger partial charge in [-0.3, -0.25) is 0 Å². The number of hydrogen-bond acceptors (Lipinski definition) is 6. The molecule has 3 aromatic heterocycles. The van der Waals surface area contributed by atoms with E-state index in [1.807, 2.05) is 30.8 Å². The minimum absolute atomic E-state index is 0.0605. The van der Waals surface area contributed by atoms with Gasteiger partial charge in [-0.2, -0.15) is 10.2 Å². The van der Waals surface area contributed by atoms with Crippen molar-refractivity contribution in [2.24, 2.45) is 0 Å². The molecule has 0 aliphatic heterocycles. The molecule has 1 saturated carbocycles. The highest BCUT2D eigenvalue weighted by molar-refractivity contribution is 9.10. The van der Waals surface area contributed by atoms with E-state index in [4.69, 9.17) is 9.84 Å². The molecular formula is C22H30BrN7O2. The molecule has 172 valence electrons. The molecule has 32 heavy (non-hydrogen) atoms. The van der Waals surface area contributed by atoms with Crippen molar-refractivity contribution in [3.63, 3.8) is 0 Å². The average molecular weight is 504 g/mol. The van der Waals surface area contributed by atoms with Crippen LogP contribution in [0.3, 0.4) is 0 Å². The highest BCUT2D eigenvalue weighted by atomic mass is 79.9. The van der Waals surface area contributed by atoms with E-state index in [1.54, 1.807) is 10.7 Å². The number of carbonyl (C=O) groups is 1. The van der Waals surface area contributed by atoms with Crippen LogP contribution in [0.2, 0.25) is 0 Å². The molecule has 0 spiro atoms. The predicted molar refractivity (Wildman–Crippen MR) is 126 cm³/mol. The van der Waals surface area contributed by atoms with Crippen molar-refractivity contribution in [1.82, 2.24) is 29.7 Å². The summed E-state index contributed by atoms with van der Waals surface area (Å²) in [7, 11) is 0. The Hall–Kier alpha value is -2.62. The van der Waals surface area contributed by atoms with Gasteiger partial charge in [0.05, 0.1) is 11.2 Å². The van der Waals surface area contributed by atoms with Gasteiger partial charge in [-0.15, -0.1) is 0 Å². The number of aromatic nitrogens is 5. The Balaban J connectivity index is 1.56. The third-order valence-corrected chi connectivity index (χ3v) is 5.84. The number of rotatable bonds is 5. The fourth-order valence-electron chi connectivity index (χ4n) is 4.05. The number of hydrogen-bond donors (Lipinski definition) is 2. The summed E-state index contributed by atoms with van der Waals surface area (Å²) >= 11 is 3.43. The quantitative estimate of drug-likeness (QED) is 0.510. The molecule has 0 saturated heterocycles. The van der Waals surface area contributed by atoms with Crippen LogP contribution in [0.25, 0.3) is 5.52 Å². The van der Waals surface area contributed by atoms with E-state index in [2.05, 4.69) is 63.5 Å². The summed E-state index contributed by atoms with van der Waals surface area (Å²) in [6, 6.07) is 4.07. The highest BCUT2D eigenvalue weighted by Gasteiger charge is 2.32. The van der Waals surface area contributed by atoms with Crippen molar-refractivity contribution in [3.05, 3.63) is 34.8 Å². The molecule has 0 unspecified atom stereocenters. The first-order valence-corrected chi connectivity index (χ1v) is 11.7. The summed E-state index contributed by atoms with van der Waals surface area (Å²) < 4.78 is 10.1. The van der Waals surface area contributed by atoms with E-state index in [0.29, 0.717) is 5.82 Å². The zero-order valence-corrected chi connectivity index (χ0v) is 20.7. The summed E-state index contributed by atoms with van der Waals surface area (Å²) in [6.45, 7) is 10.2. The van der Waals surface area contributed by atoms with Gasteiger partial charge in [-0.25, -0.2) is 19.0 Å². The second-order valence-corrected chi connectivity index (χ2v) is 10.4. The topological polar surface area (TPSA) is 98.4 Å². The maximum Gasteiger partial charge on any atom is 0.407 e. The number of nitrogens with zero attached hydrogens (tertiary/aromatic N) is 5. The van der Waals surface area contributed by atoms with Gasteiger partial charge in [0.25, 0.3) is 0 Å². The Morgan fingerprint density at radius 3 is 2.75 bits per heavy atom. The average Bonchev–Trinajstić information content (AvgIpc) is 3.38. The zero-order valence-electron chi connectivity index (χ0n) is 19.1. The van der Waals surface area contributed by atoms with Gasteiger partial charge in [-0.1, -0.05) is 0 Å². The van der Waals surface area contributed by atoms with Gasteiger partial charge in [0.15, 0.2) is 5.82 Å². The van der Waals surface area contributed by atoms with Crippen molar-refractivity contribution < 1.29 is 9.53 Å². The van der Waals surface area contributed by atoms with Crippen LogP contribution in [0, 0.1) is 0 Å². The molecule has 1 aliphatic carbocycles. The maximum atomic E-state index is 12.0. The molecule has 0 aromatic carbocycles. The number of nitrogens with one attached hydrogen (secondary N) is 2. The third-order valence-electron chi connectivity index (χ3n) is 5.45. The van der Waals surface area contributed by atoms with Crippen molar-refractivity contribution in [2.75, 3.05) is 5.32 Å². The fraction of sp³-hybridized carbons (Fsp3) is 0.545. The highest BCUT2D eigenvalue weighted by Crippen LogP contribution is 2.38. The van der Waals surface area contributed by atoms with Crippen LogP contribution in [0.4, 0.5) is 16.4 Å². The van der Waals surface area contributed by atoms with E-state index in [9.17, 15) is 4.79 Å². The van der Waals surface area contributed by atoms with Gasteiger partial charge in [0.2, 0.25) is 0 Å². The largest absolute Gasteiger partial charge is 0.446 e. The van der Waals surface area contributed by atoms with Crippen molar-refractivity contribution >= 4 is 39.2 Å². The summed E-state index contributed by atoms with van der Waals surface area (Å²) in [5.41, 5.74) is 1.64. The van der Waals surface area contributed by atoms with E-state index in [1.165, 1.54) is 0 Å². The Morgan fingerprint density at radius 2 is 2.03 bits per heavy atom. The lowest BCUT2D eigenvalue weighted by Crippen LogP contribution is -2.33. The Kier molecular flexibility index (Phi) is 6.15. The summed E-state index contributed by atoms with van der Waals surface area (Å²) in [5, 5.41) is 15.6. The summed E-state index contributed by atoms with van der Waals surface area (Å²) in [6.07, 6.45) is 5.64. The number of amides is 1. The lowest BCUT2D eigenvalue weighted by Gasteiger charge is -2.22. The number of anilines is 2. The monoisotopic (exact) mass is 503 g/mol. The normalized spacial score (nSPS) is 19.0. The van der Waals surface area contributed by atoms with E-state index in [0.717, 1.165) is 40.9 Å². The second kappa shape index (κ2) is 8.73. The molecular weight excluding hydrogens is 474 g/mol. The molecule has 2 atom stereocenters. The van der Waals surface area contributed by atoms with Crippen LogP contribution < -0.4 is 10.6 Å². The standard InChI is InChI=1S/C22H30BrN7O2/c1-13(2)25-21(31)32-15-7-6-14(10-15)16-11-19(30(27-16)22(3,4)5)26-20-17-12-18(23)28-29(17)9-8-24-20/h8-9,11-15H,6-7,10H2,1-5H3,(H,24,26)(H,25,31)/t14-,15+/m0/s1. The van der Waals surface area contributed by atoms with Crippen LogP contribution >= 0.6 is 15.9 Å². The molecule has 2 N–H and O–H groups in total. The molecule has 3 aromatic rings. The van der Waals surface area contributed by atoms with Gasteiger partial charge in [0, 0.05) is 36.5 Å². The van der Waals surface area contributed by atoms with Crippen molar-refractivity contribution in [1.29, 1.82) is 0 Å².